The number of aliphatic carboxylic acids is 1. The topological polar surface area (TPSA) is 240 Å². The van der Waals surface area contributed by atoms with Crippen molar-refractivity contribution in [3.05, 3.63) is 0 Å². The summed E-state index contributed by atoms with van der Waals surface area (Å²) in [6, 6.07) is -5.05. The summed E-state index contributed by atoms with van der Waals surface area (Å²) in [5, 5.41) is 25.0. The predicted molar refractivity (Wildman–Crippen MR) is 115 cm³/mol. The highest BCUT2D eigenvalue weighted by Gasteiger charge is 2.30. The van der Waals surface area contributed by atoms with Gasteiger partial charge in [-0.05, 0) is 38.1 Å². The summed E-state index contributed by atoms with van der Waals surface area (Å²) in [7, 11) is 0. The van der Waals surface area contributed by atoms with Crippen LogP contribution in [-0.2, 0) is 24.0 Å². The van der Waals surface area contributed by atoms with Gasteiger partial charge in [-0.15, -0.1) is 0 Å². The Bertz CT molecular complexity index is 658. The van der Waals surface area contributed by atoms with Gasteiger partial charge < -0.3 is 43.4 Å². The normalized spacial score (nSPS) is 14.7. The largest absolute Gasteiger partial charge is 0.480 e. The van der Waals surface area contributed by atoms with Gasteiger partial charge >= 0.3 is 5.97 Å². The van der Waals surface area contributed by atoms with Gasteiger partial charge in [0, 0.05) is 0 Å². The molecular formula is C19H36N6O7. The van der Waals surface area contributed by atoms with Crippen LogP contribution in [0.2, 0.25) is 0 Å². The number of carbonyl (C=O) groups is 5. The van der Waals surface area contributed by atoms with Crippen molar-refractivity contribution < 1.29 is 34.2 Å². The van der Waals surface area contributed by atoms with E-state index >= 15 is 0 Å². The van der Waals surface area contributed by atoms with E-state index in [2.05, 4.69) is 16.0 Å². The van der Waals surface area contributed by atoms with Crippen LogP contribution in [0.15, 0.2) is 0 Å². The molecule has 0 rings (SSSR count). The molecule has 0 fully saturated rings. The average Bonchev–Trinajstić information content (AvgIpc) is 2.69. The highest BCUT2D eigenvalue weighted by atomic mass is 16.4. The maximum Gasteiger partial charge on any atom is 0.328 e. The lowest BCUT2D eigenvalue weighted by Crippen LogP contribution is -2.58. The molecule has 13 nitrogen and oxygen atoms in total. The number of hydrogen-bond donors (Lipinski definition) is 8. The average molecular weight is 461 g/mol. The van der Waals surface area contributed by atoms with E-state index in [1.54, 1.807) is 0 Å². The first kappa shape index (κ1) is 29.2. The fourth-order valence-corrected chi connectivity index (χ4v) is 2.80. The molecule has 0 radical (unpaired) electrons. The first-order valence-corrected chi connectivity index (χ1v) is 10.4. The third-order valence-corrected chi connectivity index (χ3v) is 4.48. The fraction of sp³-hybridized carbons (Fsp3) is 0.737. The lowest BCUT2D eigenvalue weighted by molar-refractivity contribution is -0.143. The molecule has 0 aliphatic heterocycles. The molecule has 0 saturated carbocycles. The Hall–Kier alpha value is -2.77. The number of aliphatic hydroxyl groups is 1. The maximum atomic E-state index is 12.8. The summed E-state index contributed by atoms with van der Waals surface area (Å²) in [6.07, 6.45) is 0.887. The number of rotatable bonds is 16. The van der Waals surface area contributed by atoms with Gasteiger partial charge in [0.2, 0.25) is 23.6 Å². The molecule has 13 heteroatoms. The van der Waals surface area contributed by atoms with Crippen LogP contribution >= 0.6 is 0 Å². The minimum absolute atomic E-state index is 0.108. The van der Waals surface area contributed by atoms with Crippen LogP contribution in [0.3, 0.4) is 0 Å². The highest BCUT2D eigenvalue weighted by Crippen LogP contribution is 2.06. The minimum atomic E-state index is -1.56. The van der Waals surface area contributed by atoms with Crippen LogP contribution < -0.4 is 33.2 Å². The van der Waals surface area contributed by atoms with Gasteiger partial charge in [0.05, 0.1) is 19.1 Å². The lowest BCUT2D eigenvalue weighted by Gasteiger charge is -2.24. The second-order valence-electron chi connectivity index (χ2n) is 7.90. The van der Waals surface area contributed by atoms with Crippen LogP contribution in [0.25, 0.3) is 0 Å². The summed E-state index contributed by atoms with van der Waals surface area (Å²) < 4.78 is 0. The Morgan fingerprint density at radius 3 is 1.88 bits per heavy atom. The number of hydrogen-bond acceptors (Lipinski definition) is 8. The standard InChI is InChI=1S/C19H36N6O7/c1-10(2)7-11(21)16(28)24-13(8-15(22)27)18(30)23-12(5-3-4-6-20)17(29)25-14(9-26)19(31)32/h10-14,26H,3-9,20-21H2,1-2H3,(H2,22,27)(H,23,30)(H,24,28)(H,25,29)(H,31,32). The van der Waals surface area contributed by atoms with Crippen LogP contribution in [0.1, 0.15) is 46.0 Å². The summed E-state index contributed by atoms with van der Waals surface area (Å²) >= 11 is 0. The van der Waals surface area contributed by atoms with Crippen LogP contribution in [0.5, 0.6) is 0 Å². The molecule has 0 saturated heterocycles. The van der Waals surface area contributed by atoms with Crippen molar-refractivity contribution in [3.63, 3.8) is 0 Å². The number of unbranched alkanes of at least 4 members (excludes halogenated alkanes) is 1. The number of aliphatic hydroxyl groups excluding tert-OH is 1. The molecule has 0 spiro atoms. The number of primary amides is 1. The Balaban J connectivity index is 5.42. The van der Waals surface area contributed by atoms with Crippen LogP contribution in [0, 0.1) is 5.92 Å². The van der Waals surface area contributed by atoms with Crippen LogP contribution in [0.4, 0.5) is 0 Å². The van der Waals surface area contributed by atoms with Crippen molar-refractivity contribution in [3.8, 4) is 0 Å². The van der Waals surface area contributed by atoms with Gasteiger partial charge in [0.1, 0.15) is 18.1 Å². The molecule has 0 aliphatic carbocycles. The van der Waals surface area contributed by atoms with E-state index in [1.807, 2.05) is 13.8 Å². The zero-order valence-corrected chi connectivity index (χ0v) is 18.5. The summed E-state index contributed by atoms with van der Waals surface area (Å²) in [5.41, 5.74) is 16.4. The monoisotopic (exact) mass is 460 g/mol. The molecule has 0 aliphatic rings. The first-order valence-electron chi connectivity index (χ1n) is 10.4. The smallest absolute Gasteiger partial charge is 0.328 e. The first-order chi connectivity index (χ1) is 14.9. The van der Waals surface area contributed by atoms with Crippen molar-refractivity contribution in [1.29, 1.82) is 0 Å². The van der Waals surface area contributed by atoms with Gasteiger partial charge in [-0.2, -0.15) is 0 Å². The van der Waals surface area contributed by atoms with Crippen molar-refractivity contribution >= 4 is 29.6 Å². The Labute approximate surface area is 186 Å². The van der Waals surface area contributed by atoms with Gasteiger partial charge in [0.15, 0.2) is 0 Å². The summed E-state index contributed by atoms with van der Waals surface area (Å²) in [5.74, 6) is -4.57. The quantitative estimate of drug-likeness (QED) is 0.109. The number of carbonyl (C=O) groups excluding carboxylic acids is 4. The van der Waals surface area contributed by atoms with Gasteiger partial charge in [-0.1, -0.05) is 13.8 Å². The zero-order chi connectivity index (χ0) is 24.8. The number of nitrogens with one attached hydrogen (secondary N) is 3. The highest BCUT2D eigenvalue weighted by molar-refractivity contribution is 5.96. The molecule has 0 aromatic heterocycles. The summed E-state index contributed by atoms with van der Waals surface area (Å²) in [4.78, 5) is 60.1. The van der Waals surface area contributed by atoms with Crippen molar-refractivity contribution in [1.82, 2.24) is 16.0 Å². The number of carboxylic acid groups (broad SMARTS) is 1. The molecule has 0 heterocycles. The van der Waals surface area contributed by atoms with E-state index in [0.29, 0.717) is 25.8 Å². The summed E-state index contributed by atoms with van der Waals surface area (Å²) in [6.45, 7) is 3.22. The SMILES string of the molecule is CC(C)CC(N)C(=O)NC(CC(N)=O)C(=O)NC(CCCCN)C(=O)NC(CO)C(=O)O. The van der Waals surface area contributed by atoms with Crippen LogP contribution in [-0.4, -0.2) is 77.1 Å². The van der Waals surface area contributed by atoms with E-state index in [-0.39, 0.29) is 12.3 Å². The molecular weight excluding hydrogens is 424 g/mol. The molecule has 184 valence electrons. The fourth-order valence-electron chi connectivity index (χ4n) is 2.80. The molecule has 4 amide bonds. The number of carboxylic acids is 1. The Morgan fingerprint density at radius 1 is 0.875 bits per heavy atom. The third kappa shape index (κ3) is 11.6. The molecule has 32 heavy (non-hydrogen) atoms. The second-order valence-corrected chi connectivity index (χ2v) is 7.90. The van der Waals surface area contributed by atoms with Gasteiger partial charge in [0.25, 0.3) is 0 Å². The van der Waals surface area contributed by atoms with Crippen molar-refractivity contribution in [2.24, 2.45) is 23.1 Å². The minimum Gasteiger partial charge on any atom is -0.480 e. The number of nitrogens with two attached hydrogens (primary N) is 3. The number of amides is 4. The van der Waals surface area contributed by atoms with Gasteiger partial charge in [-0.3, -0.25) is 19.2 Å². The van der Waals surface area contributed by atoms with Crippen molar-refractivity contribution in [2.45, 2.75) is 70.1 Å². The lowest BCUT2D eigenvalue weighted by atomic mass is 10.0. The maximum absolute atomic E-state index is 12.8. The van der Waals surface area contributed by atoms with E-state index in [1.165, 1.54) is 0 Å². The van der Waals surface area contributed by atoms with E-state index in [9.17, 15) is 24.0 Å². The molecule has 11 N–H and O–H groups in total. The molecule has 0 aromatic carbocycles. The Kier molecular flexibility index (Phi) is 13.8. The predicted octanol–water partition coefficient (Wildman–Crippen LogP) is -3.10. The Morgan fingerprint density at radius 2 is 1.41 bits per heavy atom. The van der Waals surface area contributed by atoms with E-state index < -0.39 is 66.8 Å². The molecule has 0 bridgehead atoms. The molecule has 0 aromatic rings. The molecule has 4 unspecified atom stereocenters. The van der Waals surface area contributed by atoms with E-state index in [0.717, 1.165) is 0 Å². The molecule has 4 atom stereocenters. The zero-order valence-electron chi connectivity index (χ0n) is 18.5. The second kappa shape index (κ2) is 15.1. The van der Waals surface area contributed by atoms with Gasteiger partial charge in [-0.25, -0.2) is 4.79 Å². The van der Waals surface area contributed by atoms with E-state index in [4.69, 9.17) is 27.4 Å². The third-order valence-electron chi connectivity index (χ3n) is 4.48. The van der Waals surface area contributed by atoms with Crippen molar-refractivity contribution in [2.75, 3.05) is 13.2 Å².